The number of pyridine rings is 1. The first-order valence-electron chi connectivity index (χ1n) is 8.89. The van der Waals surface area contributed by atoms with Crippen LogP contribution < -0.4 is 10.6 Å². The SMILES string of the molecule is CCNC(=NCc1ncccc1C)NC1CCN(S(=O)(=O)CC)CC1.I. The molecule has 0 spiro atoms. The molecule has 0 aromatic carbocycles. The first kappa shape index (κ1) is 23.1. The van der Waals surface area contributed by atoms with Gasteiger partial charge < -0.3 is 10.6 Å². The van der Waals surface area contributed by atoms with Crippen molar-refractivity contribution in [1.82, 2.24) is 19.9 Å². The highest BCUT2D eigenvalue weighted by Gasteiger charge is 2.26. The zero-order valence-corrected chi connectivity index (χ0v) is 18.9. The number of halogens is 1. The average Bonchev–Trinajstić information content (AvgIpc) is 2.61. The standard InChI is InChI=1S/C17H29N5O2S.HI/c1-4-18-17(20-13-16-14(3)7-6-10-19-16)21-15-8-11-22(12-9-15)25(23,24)5-2;/h6-7,10,15H,4-5,8-9,11-13H2,1-3H3,(H2,18,20,21);1H. The van der Waals surface area contributed by atoms with Crippen molar-refractivity contribution >= 4 is 40.0 Å². The van der Waals surface area contributed by atoms with Gasteiger partial charge in [-0.25, -0.2) is 17.7 Å². The van der Waals surface area contributed by atoms with Crippen LogP contribution in [-0.4, -0.2) is 55.1 Å². The Bertz CT molecular complexity index is 688. The van der Waals surface area contributed by atoms with Crippen LogP contribution in [-0.2, 0) is 16.6 Å². The molecule has 2 heterocycles. The lowest BCUT2D eigenvalue weighted by Gasteiger charge is -2.32. The second kappa shape index (κ2) is 11.0. The summed E-state index contributed by atoms with van der Waals surface area (Å²) in [7, 11) is -3.08. The van der Waals surface area contributed by atoms with Gasteiger partial charge in [0.2, 0.25) is 10.0 Å². The molecule has 26 heavy (non-hydrogen) atoms. The molecule has 0 atom stereocenters. The molecular weight excluding hydrogens is 465 g/mol. The molecule has 0 radical (unpaired) electrons. The minimum Gasteiger partial charge on any atom is -0.357 e. The zero-order valence-electron chi connectivity index (χ0n) is 15.7. The summed E-state index contributed by atoms with van der Waals surface area (Å²) in [5, 5.41) is 6.68. The normalized spacial score (nSPS) is 16.8. The Kier molecular flexibility index (Phi) is 9.80. The minimum atomic E-state index is -3.08. The molecule has 0 unspecified atom stereocenters. The molecule has 7 nitrogen and oxygen atoms in total. The largest absolute Gasteiger partial charge is 0.357 e. The van der Waals surface area contributed by atoms with E-state index < -0.39 is 10.0 Å². The van der Waals surface area contributed by atoms with Crippen LogP contribution in [0.2, 0.25) is 0 Å². The molecule has 0 saturated carbocycles. The van der Waals surface area contributed by atoms with Crippen LogP contribution in [0.1, 0.15) is 37.9 Å². The minimum absolute atomic E-state index is 0. The second-order valence-electron chi connectivity index (χ2n) is 6.18. The molecule has 148 valence electrons. The third-order valence-corrected chi connectivity index (χ3v) is 6.28. The zero-order chi connectivity index (χ0) is 18.3. The Balaban J connectivity index is 0.00000338. The van der Waals surface area contributed by atoms with E-state index in [0.717, 1.165) is 36.6 Å². The molecular formula is C17H30IN5O2S. The van der Waals surface area contributed by atoms with E-state index >= 15 is 0 Å². The van der Waals surface area contributed by atoms with E-state index in [0.29, 0.717) is 19.6 Å². The number of aryl methyl sites for hydroxylation is 1. The van der Waals surface area contributed by atoms with Crippen molar-refractivity contribution < 1.29 is 8.42 Å². The lowest BCUT2D eigenvalue weighted by atomic mass is 10.1. The number of guanidine groups is 1. The second-order valence-corrected chi connectivity index (χ2v) is 8.44. The number of piperidine rings is 1. The summed E-state index contributed by atoms with van der Waals surface area (Å²) >= 11 is 0. The van der Waals surface area contributed by atoms with Crippen molar-refractivity contribution in [3.05, 3.63) is 29.6 Å². The van der Waals surface area contributed by atoms with Gasteiger partial charge in [-0.3, -0.25) is 4.98 Å². The summed E-state index contributed by atoms with van der Waals surface area (Å²) in [6, 6.07) is 4.18. The van der Waals surface area contributed by atoms with E-state index in [1.807, 2.05) is 26.0 Å². The van der Waals surface area contributed by atoms with Gasteiger partial charge in [0.05, 0.1) is 18.0 Å². The molecule has 1 aromatic heterocycles. The number of rotatable bonds is 6. The van der Waals surface area contributed by atoms with Crippen molar-refractivity contribution in [2.24, 2.45) is 4.99 Å². The highest BCUT2D eigenvalue weighted by molar-refractivity contribution is 14.0. The van der Waals surface area contributed by atoms with Crippen molar-refractivity contribution in [2.75, 3.05) is 25.4 Å². The Labute approximate surface area is 174 Å². The Morgan fingerprint density at radius 3 is 2.62 bits per heavy atom. The van der Waals surface area contributed by atoms with Gasteiger partial charge in [0.1, 0.15) is 0 Å². The third-order valence-electron chi connectivity index (χ3n) is 4.40. The van der Waals surface area contributed by atoms with Gasteiger partial charge in [0.15, 0.2) is 5.96 Å². The summed E-state index contributed by atoms with van der Waals surface area (Å²) in [5.74, 6) is 0.919. The van der Waals surface area contributed by atoms with Crippen molar-refractivity contribution in [1.29, 1.82) is 0 Å². The van der Waals surface area contributed by atoms with Crippen LogP contribution in [0.5, 0.6) is 0 Å². The van der Waals surface area contributed by atoms with E-state index in [1.54, 1.807) is 17.4 Å². The number of nitrogens with one attached hydrogen (secondary N) is 2. The number of aromatic nitrogens is 1. The fourth-order valence-electron chi connectivity index (χ4n) is 2.81. The molecule has 1 aliphatic rings. The molecule has 0 amide bonds. The van der Waals surface area contributed by atoms with Crippen LogP contribution in [0, 0.1) is 6.92 Å². The lowest BCUT2D eigenvalue weighted by Crippen LogP contribution is -2.50. The topological polar surface area (TPSA) is 86.7 Å². The number of aliphatic imine (C=N–C) groups is 1. The molecule has 1 aromatic rings. The highest BCUT2D eigenvalue weighted by Crippen LogP contribution is 2.14. The van der Waals surface area contributed by atoms with Crippen LogP contribution in [0.25, 0.3) is 0 Å². The monoisotopic (exact) mass is 495 g/mol. The molecule has 9 heteroatoms. The van der Waals surface area contributed by atoms with Crippen molar-refractivity contribution in [3.63, 3.8) is 0 Å². The van der Waals surface area contributed by atoms with E-state index in [2.05, 4.69) is 20.6 Å². The quantitative estimate of drug-likeness (QED) is 0.358. The third kappa shape index (κ3) is 6.66. The van der Waals surface area contributed by atoms with Gasteiger partial charge in [-0.05, 0) is 45.2 Å². The Hall–Kier alpha value is -0.940. The number of hydrogen-bond donors (Lipinski definition) is 2. The van der Waals surface area contributed by atoms with E-state index in [-0.39, 0.29) is 35.8 Å². The van der Waals surface area contributed by atoms with Gasteiger partial charge >= 0.3 is 0 Å². The van der Waals surface area contributed by atoms with Gasteiger partial charge in [-0.15, -0.1) is 24.0 Å². The summed E-state index contributed by atoms with van der Waals surface area (Å²) in [5.41, 5.74) is 2.09. The van der Waals surface area contributed by atoms with Crippen molar-refractivity contribution in [3.8, 4) is 0 Å². The fourth-order valence-corrected chi connectivity index (χ4v) is 3.94. The van der Waals surface area contributed by atoms with E-state index in [4.69, 9.17) is 0 Å². The average molecular weight is 495 g/mol. The van der Waals surface area contributed by atoms with Crippen LogP contribution >= 0.6 is 24.0 Å². The van der Waals surface area contributed by atoms with Crippen LogP contribution in [0.3, 0.4) is 0 Å². The number of nitrogens with zero attached hydrogens (tertiary/aromatic N) is 3. The molecule has 2 N–H and O–H groups in total. The predicted octanol–water partition coefficient (Wildman–Crippen LogP) is 1.88. The summed E-state index contributed by atoms with van der Waals surface area (Å²) < 4.78 is 25.5. The van der Waals surface area contributed by atoms with E-state index in [9.17, 15) is 8.42 Å². The molecule has 0 aliphatic carbocycles. The molecule has 2 rings (SSSR count). The summed E-state index contributed by atoms with van der Waals surface area (Å²) in [6.45, 7) is 8.16. The number of sulfonamides is 1. The summed E-state index contributed by atoms with van der Waals surface area (Å²) in [4.78, 5) is 8.99. The first-order chi connectivity index (χ1) is 12.0. The molecule has 1 aliphatic heterocycles. The molecule has 1 saturated heterocycles. The highest BCUT2D eigenvalue weighted by atomic mass is 127. The van der Waals surface area contributed by atoms with Gasteiger partial charge in [-0.2, -0.15) is 0 Å². The molecule has 0 bridgehead atoms. The Morgan fingerprint density at radius 2 is 2.04 bits per heavy atom. The first-order valence-corrected chi connectivity index (χ1v) is 10.5. The van der Waals surface area contributed by atoms with Gasteiger partial charge in [0, 0.05) is 31.9 Å². The maximum absolute atomic E-state index is 11.9. The smallest absolute Gasteiger partial charge is 0.213 e. The van der Waals surface area contributed by atoms with Gasteiger partial charge in [-0.1, -0.05) is 6.07 Å². The number of hydrogen-bond acceptors (Lipinski definition) is 4. The van der Waals surface area contributed by atoms with Crippen LogP contribution in [0.15, 0.2) is 23.3 Å². The fraction of sp³-hybridized carbons (Fsp3) is 0.647. The van der Waals surface area contributed by atoms with Gasteiger partial charge in [0.25, 0.3) is 0 Å². The molecule has 1 fully saturated rings. The van der Waals surface area contributed by atoms with Crippen molar-refractivity contribution in [2.45, 2.75) is 46.2 Å². The lowest BCUT2D eigenvalue weighted by molar-refractivity contribution is 0.306. The maximum atomic E-state index is 11.9. The van der Waals surface area contributed by atoms with E-state index in [1.165, 1.54) is 0 Å². The predicted molar refractivity (Wildman–Crippen MR) is 116 cm³/mol. The summed E-state index contributed by atoms with van der Waals surface area (Å²) in [6.07, 6.45) is 3.35. The maximum Gasteiger partial charge on any atom is 0.213 e. The van der Waals surface area contributed by atoms with Crippen LogP contribution in [0.4, 0.5) is 0 Å². The Morgan fingerprint density at radius 1 is 1.35 bits per heavy atom.